The minimum absolute atomic E-state index is 0.0853. The Balaban J connectivity index is 1.46. The molecule has 1 atom stereocenters. The van der Waals surface area contributed by atoms with Gasteiger partial charge in [-0.2, -0.15) is 0 Å². The van der Waals surface area contributed by atoms with Crippen LogP contribution in [0.1, 0.15) is 36.3 Å². The van der Waals surface area contributed by atoms with Gasteiger partial charge in [-0.25, -0.2) is 4.98 Å². The number of nitrogens with one attached hydrogen (secondary N) is 1. The number of ether oxygens (including phenoxy) is 2. The third-order valence-corrected chi connectivity index (χ3v) is 6.96. The zero-order valence-corrected chi connectivity index (χ0v) is 19.3. The summed E-state index contributed by atoms with van der Waals surface area (Å²) in [6, 6.07) is 8.42. The number of nitrogens with zero attached hydrogens (tertiary/aromatic N) is 2. The summed E-state index contributed by atoms with van der Waals surface area (Å²) in [6.45, 7) is 6.31. The molecule has 0 saturated heterocycles. The zero-order valence-electron chi connectivity index (χ0n) is 18.5. The van der Waals surface area contributed by atoms with Crippen LogP contribution in [-0.2, 0) is 30.5 Å². The molecule has 0 fully saturated rings. The molecule has 0 spiro atoms. The normalized spacial score (nSPS) is 16.1. The first-order chi connectivity index (χ1) is 15.0. The molecular weight excluding hydrogens is 410 g/mol. The van der Waals surface area contributed by atoms with Crippen LogP contribution in [0.3, 0.4) is 0 Å². The number of fused-ring (bicyclic) bond motifs is 3. The number of hydrogen-bond acceptors (Lipinski definition) is 6. The maximum atomic E-state index is 13.2. The number of methoxy groups -OCH3 is 1. The molecule has 1 aliphatic carbocycles. The highest BCUT2D eigenvalue weighted by Gasteiger charge is 2.25. The van der Waals surface area contributed by atoms with Crippen molar-refractivity contribution in [1.29, 1.82) is 0 Å². The molecule has 6 nitrogen and oxygen atoms in total. The number of aryl methyl sites for hydroxylation is 3. The Kier molecular flexibility index (Phi) is 7.05. The standard InChI is InChI=1S/C24H31N3O3S/c1-16(2)30-12-10-25-18-7-8-20-21(14-18)31-23-22(20)24(28)27(15-26-23)11-9-17-5-4-6-19(13-17)29-3/h4-6,13,15-16,18,25H,7-12,14H2,1-3H3. The van der Waals surface area contributed by atoms with Crippen molar-refractivity contribution in [2.24, 2.45) is 0 Å². The van der Waals surface area contributed by atoms with Gasteiger partial charge in [-0.1, -0.05) is 12.1 Å². The smallest absolute Gasteiger partial charge is 0.262 e. The maximum absolute atomic E-state index is 13.2. The SMILES string of the molecule is COc1cccc(CCn2cnc3sc4c(c3c2=O)CCC(NCCOC(C)C)C4)c1. The van der Waals surface area contributed by atoms with Crippen LogP contribution < -0.4 is 15.6 Å². The van der Waals surface area contributed by atoms with Gasteiger partial charge in [0.2, 0.25) is 0 Å². The Labute approximate surface area is 187 Å². The van der Waals surface area contributed by atoms with E-state index in [4.69, 9.17) is 9.47 Å². The first kappa shape index (κ1) is 22.0. The molecule has 1 aromatic carbocycles. The van der Waals surface area contributed by atoms with E-state index in [1.165, 1.54) is 10.4 Å². The summed E-state index contributed by atoms with van der Waals surface area (Å²) < 4.78 is 12.7. The van der Waals surface area contributed by atoms with E-state index in [1.54, 1.807) is 29.3 Å². The second-order valence-electron chi connectivity index (χ2n) is 8.34. The molecule has 2 heterocycles. The minimum atomic E-state index is 0.0853. The predicted octanol–water partition coefficient (Wildman–Crippen LogP) is 3.58. The van der Waals surface area contributed by atoms with E-state index in [0.29, 0.717) is 12.6 Å². The number of aromatic nitrogens is 2. The van der Waals surface area contributed by atoms with Crippen LogP contribution in [0.4, 0.5) is 0 Å². The first-order valence-corrected chi connectivity index (χ1v) is 11.8. The number of thiophene rings is 1. The Hall–Kier alpha value is -2.22. The van der Waals surface area contributed by atoms with Gasteiger partial charge in [0.15, 0.2) is 0 Å². The lowest BCUT2D eigenvalue weighted by Gasteiger charge is -2.23. The Morgan fingerprint density at radius 1 is 1.35 bits per heavy atom. The lowest BCUT2D eigenvalue weighted by atomic mass is 9.93. The van der Waals surface area contributed by atoms with Crippen LogP contribution in [-0.4, -0.2) is 42.0 Å². The van der Waals surface area contributed by atoms with Gasteiger partial charge in [0.05, 0.1) is 31.5 Å². The van der Waals surface area contributed by atoms with Crippen LogP contribution in [0.25, 0.3) is 10.2 Å². The molecule has 1 unspecified atom stereocenters. The molecule has 3 aromatic rings. The van der Waals surface area contributed by atoms with Gasteiger partial charge >= 0.3 is 0 Å². The zero-order chi connectivity index (χ0) is 21.8. The Morgan fingerprint density at radius 3 is 3.03 bits per heavy atom. The monoisotopic (exact) mass is 441 g/mol. The van der Waals surface area contributed by atoms with Gasteiger partial charge in [0.25, 0.3) is 5.56 Å². The molecule has 0 amide bonds. The summed E-state index contributed by atoms with van der Waals surface area (Å²) in [5.41, 5.74) is 2.45. The highest BCUT2D eigenvalue weighted by molar-refractivity contribution is 7.18. The summed E-state index contributed by atoms with van der Waals surface area (Å²) in [7, 11) is 1.67. The molecule has 0 radical (unpaired) electrons. The molecular formula is C24H31N3O3S. The fourth-order valence-corrected chi connectivity index (χ4v) is 5.43. The Morgan fingerprint density at radius 2 is 2.23 bits per heavy atom. The molecule has 1 aliphatic rings. The van der Waals surface area contributed by atoms with Crippen molar-refractivity contribution in [3.8, 4) is 5.75 Å². The number of benzene rings is 1. The van der Waals surface area contributed by atoms with Crippen molar-refractivity contribution in [2.45, 2.75) is 58.2 Å². The Bertz CT molecular complexity index is 1090. The van der Waals surface area contributed by atoms with E-state index >= 15 is 0 Å². The lowest BCUT2D eigenvalue weighted by molar-refractivity contribution is 0.0791. The van der Waals surface area contributed by atoms with Crippen molar-refractivity contribution >= 4 is 21.6 Å². The molecule has 0 bridgehead atoms. The fourth-order valence-electron chi connectivity index (χ4n) is 4.17. The van der Waals surface area contributed by atoms with Gasteiger partial charge in [0, 0.05) is 24.0 Å². The quantitative estimate of drug-likeness (QED) is 0.514. The van der Waals surface area contributed by atoms with Crippen LogP contribution in [0, 0.1) is 0 Å². The fraction of sp³-hybridized carbons (Fsp3) is 0.500. The molecule has 166 valence electrons. The second-order valence-corrected chi connectivity index (χ2v) is 9.43. The highest BCUT2D eigenvalue weighted by Crippen LogP contribution is 2.33. The predicted molar refractivity (Wildman–Crippen MR) is 125 cm³/mol. The van der Waals surface area contributed by atoms with Crippen molar-refractivity contribution in [3.05, 3.63) is 57.0 Å². The van der Waals surface area contributed by atoms with E-state index in [9.17, 15) is 4.79 Å². The number of hydrogen-bond donors (Lipinski definition) is 1. The molecule has 1 N–H and O–H groups in total. The van der Waals surface area contributed by atoms with Crippen molar-refractivity contribution < 1.29 is 9.47 Å². The van der Waals surface area contributed by atoms with E-state index in [-0.39, 0.29) is 11.7 Å². The van der Waals surface area contributed by atoms with Crippen LogP contribution in [0.2, 0.25) is 0 Å². The third-order valence-electron chi connectivity index (χ3n) is 5.80. The largest absolute Gasteiger partial charge is 0.497 e. The first-order valence-electron chi connectivity index (χ1n) is 11.0. The molecule has 7 heteroatoms. The van der Waals surface area contributed by atoms with Crippen molar-refractivity contribution in [2.75, 3.05) is 20.3 Å². The van der Waals surface area contributed by atoms with Crippen LogP contribution in [0.5, 0.6) is 5.75 Å². The molecule has 31 heavy (non-hydrogen) atoms. The molecule has 2 aromatic heterocycles. The highest BCUT2D eigenvalue weighted by atomic mass is 32.1. The van der Waals surface area contributed by atoms with Gasteiger partial charge < -0.3 is 14.8 Å². The summed E-state index contributed by atoms with van der Waals surface area (Å²) in [5, 5.41) is 4.43. The maximum Gasteiger partial charge on any atom is 0.262 e. The average Bonchev–Trinajstić information content (AvgIpc) is 3.15. The van der Waals surface area contributed by atoms with E-state index in [0.717, 1.165) is 60.4 Å². The van der Waals surface area contributed by atoms with Crippen LogP contribution >= 0.6 is 11.3 Å². The summed E-state index contributed by atoms with van der Waals surface area (Å²) in [6.07, 6.45) is 5.65. The minimum Gasteiger partial charge on any atom is -0.497 e. The summed E-state index contributed by atoms with van der Waals surface area (Å²) in [5.74, 6) is 0.837. The average molecular weight is 442 g/mol. The van der Waals surface area contributed by atoms with E-state index in [1.807, 2.05) is 18.2 Å². The van der Waals surface area contributed by atoms with Gasteiger partial charge in [-0.3, -0.25) is 9.36 Å². The van der Waals surface area contributed by atoms with Gasteiger partial charge in [-0.05, 0) is 62.8 Å². The molecule has 4 rings (SSSR count). The second kappa shape index (κ2) is 9.94. The number of rotatable bonds is 9. The summed E-state index contributed by atoms with van der Waals surface area (Å²) >= 11 is 1.68. The lowest BCUT2D eigenvalue weighted by Crippen LogP contribution is -2.36. The van der Waals surface area contributed by atoms with E-state index < -0.39 is 0 Å². The van der Waals surface area contributed by atoms with E-state index in [2.05, 4.69) is 30.2 Å². The van der Waals surface area contributed by atoms with Crippen molar-refractivity contribution in [1.82, 2.24) is 14.9 Å². The molecule has 0 aliphatic heterocycles. The van der Waals surface area contributed by atoms with Crippen molar-refractivity contribution in [3.63, 3.8) is 0 Å². The topological polar surface area (TPSA) is 65.4 Å². The summed E-state index contributed by atoms with van der Waals surface area (Å²) in [4.78, 5) is 20.0. The van der Waals surface area contributed by atoms with Gasteiger partial charge in [-0.15, -0.1) is 11.3 Å². The molecule has 0 saturated carbocycles. The van der Waals surface area contributed by atoms with Crippen LogP contribution in [0.15, 0.2) is 35.4 Å². The third kappa shape index (κ3) is 5.17. The van der Waals surface area contributed by atoms with Gasteiger partial charge in [0.1, 0.15) is 10.6 Å².